The van der Waals surface area contributed by atoms with E-state index in [0.717, 1.165) is 35.8 Å². The van der Waals surface area contributed by atoms with Crippen molar-refractivity contribution in [1.29, 1.82) is 0 Å². The summed E-state index contributed by atoms with van der Waals surface area (Å²) in [4.78, 5) is 0. The molecule has 0 atom stereocenters. The third-order valence-corrected chi connectivity index (χ3v) is 3.41. The average Bonchev–Trinajstić information content (AvgIpc) is 2.64. The molecule has 17 heavy (non-hydrogen) atoms. The van der Waals surface area contributed by atoms with Crippen LogP contribution in [-0.2, 0) is 20.0 Å². The van der Waals surface area contributed by atoms with Gasteiger partial charge in [-0.1, -0.05) is 23.7 Å². The second-order valence-corrected chi connectivity index (χ2v) is 4.77. The van der Waals surface area contributed by atoms with E-state index < -0.39 is 0 Å². The maximum absolute atomic E-state index is 6.06. The van der Waals surface area contributed by atoms with Gasteiger partial charge in [0.05, 0.1) is 11.4 Å². The highest BCUT2D eigenvalue weighted by molar-refractivity contribution is 6.30. The Balaban J connectivity index is 2.17. The smallest absolute Gasteiger partial charge is 0.0801 e. The largest absolute Gasteiger partial charge is 0.311 e. The summed E-state index contributed by atoms with van der Waals surface area (Å²) in [6.07, 6.45) is 1.03. The number of rotatable bonds is 1. The zero-order valence-corrected chi connectivity index (χ0v) is 10.5. The third-order valence-electron chi connectivity index (χ3n) is 3.17. The highest BCUT2D eigenvalue weighted by atomic mass is 35.5. The van der Waals surface area contributed by atoms with Gasteiger partial charge < -0.3 is 5.32 Å². The fourth-order valence-electron chi connectivity index (χ4n) is 2.45. The second-order valence-electron chi connectivity index (χ2n) is 4.33. The average molecular weight is 248 g/mol. The van der Waals surface area contributed by atoms with Crippen LogP contribution in [0.1, 0.15) is 11.3 Å². The third kappa shape index (κ3) is 1.85. The van der Waals surface area contributed by atoms with E-state index in [-0.39, 0.29) is 0 Å². The van der Waals surface area contributed by atoms with Gasteiger partial charge in [0.25, 0.3) is 0 Å². The highest BCUT2D eigenvalue weighted by Crippen LogP contribution is 2.29. The molecule has 0 saturated carbocycles. The van der Waals surface area contributed by atoms with E-state index in [1.165, 1.54) is 11.3 Å². The van der Waals surface area contributed by atoms with Gasteiger partial charge in [-0.3, -0.25) is 4.68 Å². The Morgan fingerprint density at radius 2 is 2.29 bits per heavy atom. The van der Waals surface area contributed by atoms with Gasteiger partial charge in [-0.05, 0) is 25.1 Å². The molecule has 0 aliphatic carbocycles. The van der Waals surface area contributed by atoms with Gasteiger partial charge in [0.1, 0.15) is 0 Å². The summed E-state index contributed by atoms with van der Waals surface area (Å²) >= 11 is 6.06. The van der Waals surface area contributed by atoms with Gasteiger partial charge >= 0.3 is 0 Å². The lowest BCUT2D eigenvalue weighted by molar-refractivity contribution is 0.625. The van der Waals surface area contributed by atoms with Crippen molar-refractivity contribution in [1.82, 2.24) is 15.1 Å². The van der Waals surface area contributed by atoms with Crippen molar-refractivity contribution in [3.8, 4) is 11.3 Å². The van der Waals surface area contributed by atoms with Crippen molar-refractivity contribution >= 4 is 11.6 Å². The molecular weight excluding hydrogens is 234 g/mol. The zero-order valence-electron chi connectivity index (χ0n) is 9.70. The van der Waals surface area contributed by atoms with E-state index in [1.54, 1.807) is 0 Å². The molecule has 88 valence electrons. The minimum Gasteiger partial charge on any atom is -0.311 e. The number of fused-ring (bicyclic) bond motifs is 1. The van der Waals surface area contributed by atoms with Gasteiger partial charge in [0.15, 0.2) is 0 Å². The first-order valence-corrected chi connectivity index (χ1v) is 6.15. The van der Waals surface area contributed by atoms with Crippen molar-refractivity contribution in [2.24, 2.45) is 7.05 Å². The van der Waals surface area contributed by atoms with Crippen LogP contribution < -0.4 is 5.32 Å². The number of hydrogen-bond acceptors (Lipinski definition) is 2. The Kier molecular flexibility index (Phi) is 2.65. The Hall–Kier alpha value is -1.32. The molecule has 0 bridgehead atoms. The molecule has 1 aromatic carbocycles. The van der Waals surface area contributed by atoms with Crippen LogP contribution in [0.15, 0.2) is 24.3 Å². The SMILES string of the molecule is Cn1nc2c(c1-c1cccc(Cl)c1)CCNC2. The number of halogens is 1. The number of nitrogens with one attached hydrogen (secondary N) is 1. The first-order valence-electron chi connectivity index (χ1n) is 5.77. The van der Waals surface area contributed by atoms with Gasteiger partial charge in [-0.2, -0.15) is 5.10 Å². The fraction of sp³-hybridized carbons (Fsp3) is 0.308. The van der Waals surface area contributed by atoms with Crippen molar-refractivity contribution in [3.05, 3.63) is 40.5 Å². The molecule has 1 aliphatic rings. The molecule has 1 aliphatic heterocycles. The van der Waals surface area contributed by atoms with Crippen molar-refractivity contribution < 1.29 is 0 Å². The molecule has 1 N–H and O–H groups in total. The molecule has 0 unspecified atom stereocenters. The van der Waals surface area contributed by atoms with Crippen LogP contribution >= 0.6 is 11.6 Å². The fourth-order valence-corrected chi connectivity index (χ4v) is 2.64. The molecule has 0 radical (unpaired) electrons. The number of aromatic nitrogens is 2. The molecule has 0 amide bonds. The molecule has 4 heteroatoms. The Labute approximate surface area is 105 Å². The Morgan fingerprint density at radius 3 is 3.12 bits per heavy atom. The van der Waals surface area contributed by atoms with Gasteiger partial charge in [0.2, 0.25) is 0 Å². The summed E-state index contributed by atoms with van der Waals surface area (Å²) < 4.78 is 1.96. The van der Waals surface area contributed by atoms with Crippen molar-refractivity contribution in [3.63, 3.8) is 0 Å². The molecule has 3 nitrogen and oxygen atoms in total. The molecule has 0 fully saturated rings. The van der Waals surface area contributed by atoms with E-state index in [9.17, 15) is 0 Å². The highest BCUT2D eigenvalue weighted by Gasteiger charge is 2.19. The van der Waals surface area contributed by atoms with E-state index >= 15 is 0 Å². The predicted molar refractivity (Wildman–Crippen MR) is 69.1 cm³/mol. The molecule has 1 aromatic heterocycles. The minimum absolute atomic E-state index is 0.770. The van der Waals surface area contributed by atoms with Crippen LogP contribution in [0.5, 0.6) is 0 Å². The van der Waals surface area contributed by atoms with Crippen LogP contribution in [0, 0.1) is 0 Å². The standard InChI is InChI=1S/C13H14ClN3/c1-17-13(9-3-2-4-10(14)7-9)11-5-6-15-8-12(11)16-17/h2-4,7,15H,5-6,8H2,1H3. The summed E-state index contributed by atoms with van der Waals surface area (Å²) in [6, 6.07) is 7.97. The number of nitrogens with zero attached hydrogens (tertiary/aromatic N) is 2. The topological polar surface area (TPSA) is 29.9 Å². The predicted octanol–water partition coefficient (Wildman–Crippen LogP) is 2.39. The normalized spacial score (nSPS) is 14.7. The number of aryl methyl sites for hydroxylation is 1. The van der Waals surface area contributed by atoms with Crippen LogP contribution in [-0.4, -0.2) is 16.3 Å². The second kappa shape index (κ2) is 4.17. The lowest BCUT2D eigenvalue weighted by Crippen LogP contribution is -2.23. The number of benzene rings is 1. The molecule has 2 aromatic rings. The van der Waals surface area contributed by atoms with Crippen LogP contribution in [0.3, 0.4) is 0 Å². The molecule has 0 saturated heterocycles. The van der Waals surface area contributed by atoms with E-state index in [1.807, 2.05) is 29.9 Å². The lowest BCUT2D eigenvalue weighted by Gasteiger charge is -2.13. The first-order chi connectivity index (χ1) is 8.25. The zero-order chi connectivity index (χ0) is 11.8. The minimum atomic E-state index is 0.770. The van der Waals surface area contributed by atoms with Crippen LogP contribution in [0.2, 0.25) is 5.02 Å². The van der Waals surface area contributed by atoms with E-state index in [2.05, 4.69) is 16.5 Å². The molecular formula is C13H14ClN3. The Bertz CT molecular complexity index is 560. The summed E-state index contributed by atoms with van der Waals surface area (Å²) in [5.41, 5.74) is 4.86. The summed E-state index contributed by atoms with van der Waals surface area (Å²) in [7, 11) is 1.99. The maximum Gasteiger partial charge on any atom is 0.0801 e. The molecule has 0 spiro atoms. The quantitative estimate of drug-likeness (QED) is 0.839. The first kappa shape index (κ1) is 10.8. The summed E-state index contributed by atoms with van der Waals surface area (Å²) in [5.74, 6) is 0. The number of hydrogen-bond donors (Lipinski definition) is 1. The van der Waals surface area contributed by atoms with Crippen LogP contribution in [0.25, 0.3) is 11.3 Å². The van der Waals surface area contributed by atoms with E-state index in [4.69, 9.17) is 11.6 Å². The molecule has 3 rings (SSSR count). The van der Waals surface area contributed by atoms with Crippen molar-refractivity contribution in [2.45, 2.75) is 13.0 Å². The van der Waals surface area contributed by atoms with Crippen LogP contribution in [0.4, 0.5) is 0 Å². The van der Waals surface area contributed by atoms with Crippen molar-refractivity contribution in [2.75, 3.05) is 6.54 Å². The van der Waals surface area contributed by atoms with Gasteiger partial charge in [-0.15, -0.1) is 0 Å². The lowest BCUT2D eigenvalue weighted by atomic mass is 10.0. The van der Waals surface area contributed by atoms with Gasteiger partial charge in [-0.25, -0.2) is 0 Å². The van der Waals surface area contributed by atoms with Gasteiger partial charge in [0, 0.05) is 29.7 Å². The van der Waals surface area contributed by atoms with E-state index in [0.29, 0.717) is 0 Å². The molecule has 2 heterocycles. The maximum atomic E-state index is 6.06. The monoisotopic (exact) mass is 247 g/mol. The summed E-state index contributed by atoms with van der Waals surface area (Å²) in [5, 5.41) is 8.68. The Morgan fingerprint density at radius 1 is 1.41 bits per heavy atom. The summed E-state index contributed by atoms with van der Waals surface area (Å²) in [6.45, 7) is 1.88.